The predicted octanol–water partition coefficient (Wildman–Crippen LogP) is 6.53. The summed E-state index contributed by atoms with van der Waals surface area (Å²) >= 11 is 0. The zero-order chi connectivity index (χ0) is 40.5. The van der Waals surface area contributed by atoms with E-state index in [9.17, 15) is 18.0 Å². The summed E-state index contributed by atoms with van der Waals surface area (Å²) in [5.74, 6) is -1.41. The van der Waals surface area contributed by atoms with Gasteiger partial charge in [0.2, 0.25) is 0 Å². The highest BCUT2D eigenvalue weighted by Gasteiger charge is 2.16. The Balaban J connectivity index is 0.000000204. The molecule has 0 amide bonds. The number of carbonyl (C=O) groups excluding carboxylic acids is 1. The lowest BCUT2D eigenvalue weighted by molar-refractivity contribution is 0.0691. The second kappa shape index (κ2) is 17.5. The molecule has 0 saturated heterocycles. The number of carboxylic acids is 1. The van der Waals surface area contributed by atoms with Gasteiger partial charge in [-0.05, 0) is 55.8 Å². The average molecular weight is 780 g/mol. The number of Topliss-reactive ketones (excluding diaryl/α,β-unsaturated/α-hetero) is 1. The van der Waals surface area contributed by atoms with E-state index in [-0.39, 0.29) is 35.2 Å². The Labute approximate surface area is 319 Å². The van der Waals surface area contributed by atoms with Crippen LogP contribution in [0.3, 0.4) is 0 Å². The second-order valence-corrected chi connectivity index (χ2v) is 16.8. The summed E-state index contributed by atoms with van der Waals surface area (Å²) in [7, 11) is -5.35. The van der Waals surface area contributed by atoms with E-state index in [1.165, 1.54) is 18.7 Å². The van der Waals surface area contributed by atoms with Crippen LogP contribution in [0.25, 0.3) is 22.5 Å². The molecular formula is C39H41N9O5S2. The Kier molecular flexibility index (Phi) is 13.1. The van der Waals surface area contributed by atoms with Gasteiger partial charge >= 0.3 is 5.97 Å². The highest BCUT2D eigenvalue weighted by molar-refractivity contribution is 7.92. The van der Waals surface area contributed by atoms with Crippen molar-refractivity contribution in [2.75, 3.05) is 29.7 Å². The minimum Gasteiger partial charge on any atom is -0.476 e. The molecular weight excluding hydrogens is 739 g/mol. The van der Waals surface area contributed by atoms with Gasteiger partial charge in [0.05, 0.1) is 43.2 Å². The third kappa shape index (κ3) is 11.7. The molecule has 2 unspecified atom stereocenters. The van der Waals surface area contributed by atoms with Crippen LogP contribution in [0.4, 0.5) is 17.3 Å². The van der Waals surface area contributed by atoms with Gasteiger partial charge < -0.3 is 22.3 Å². The van der Waals surface area contributed by atoms with E-state index >= 15 is 0 Å². The van der Waals surface area contributed by atoms with Gasteiger partial charge in [0, 0.05) is 45.5 Å². The molecule has 2 atom stereocenters. The summed E-state index contributed by atoms with van der Waals surface area (Å²) in [6.07, 6.45) is 5.86. The van der Waals surface area contributed by atoms with Crippen LogP contribution in [-0.4, -0.2) is 57.7 Å². The Morgan fingerprint density at radius 2 is 1.00 bits per heavy atom. The number of anilines is 3. The normalized spacial score (nSPS) is 12.7. The molecule has 0 fully saturated rings. The highest BCUT2D eigenvalue weighted by atomic mass is 32.2. The minimum atomic E-state index is -2.77. The summed E-state index contributed by atoms with van der Waals surface area (Å²) < 4.78 is 37.7. The molecule has 284 valence electrons. The van der Waals surface area contributed by atoms with Crippen molar-refractivity contribution in [2.24, 2.45) is 0 Å². The lowest BCUT2D eigenvalue weighted by atomic mass is 10.1. The number of nitrogens with two attached hydrogens (primary N) is 3. The molecule has 0 bridgehead atoms. The van der Waals surface area contributed by atoms with Crippen molar-refractivity contribution >= 4 is 48.5 Å². The van der Waals surface area contributed by atoms with Crippen LogP contribution in [0.15, 0.2) is 119 Å². The summed E-state index contributed by atoms with van der Waals surface area (Å²) in [5.41, 5.74) is 23.0. The van der Waals surface area contributed by atoms with Crippen LogP contribution in [0.5, 0.6) is 0 Å². The smallest absolute Gasteiger partial charge is 0.358 e. The Hall–Kier alpha value is -6.52. The van der Waals surface area contributed by atoms with Gasteiger partial charge in [0.1, 0.15) is 5.69 Å². The monoisotopic (exact) mass is 779 g/mol. The molecule has 14 nitrogen and oxygen atoms in total. The number of aryl methyl sites for hydroxylation is 2. The standard InChI is InChI=1S/C20H20N4O2S.C12H11N3O2.C7H10N2OS/c1-13-3-7-15(8-4-13)17-12-23-20(21)19(24-17)18(25)11-14-5-9-16(10-6-14)27(2,22)26;1-7-2-4-8(5-3-7)9-6-14-11(13)10(15-9)12(16)17;1-11(9,10)7-4-2-6(8)3-5-7/h3-10,12,22H,11H2,1-2H3,(H2,21,23);2-6H,1H3,(H2,13,14)(H,16,17);2-5,9H,8H2,1H3. The SMILES string of the molecule is CS(=N)(=O)c1ccc(N)cc1.Cc1ccc(-c2cnc(N)c(C(=O)Cc3ccc(S(C)(=N)=O)cc3)n2)cc1.Cc1ccc(-c2cnc(N)c(C(=O)O)n2)cc1. The van der Waals surface area contributed by atoms with Crippen LogP contribution >= 0.6 is 0 Å². The lowest BCUT2D eigenvalue weighted by Gasteiger charge is -2.08. The van der Waals surface area contributed by atoms with E-state index in [1.54, 1.807) is 54.7 Å². The topological polar surface area (TPSA) is 266 Å². The van der Waals surface area contributed by atoms with Crippen molar-refractivity contribution in [1.29, 1.82) is 9.56 Å². The van der Waals surface area contributed by atoms with E-state index in [4.69, 9.17) is 31.9 Å². The van der Waals surface area contributed by atoms with Crippen molar-refractivity contribution in [3.8, 4) is 22.5 Å². The maximum Gasteiger partial charge on any atom is 0.358 e. The molecule has 9 N–H and O–H groups in total. The van der Waals surface area contributed by atoms with E-state index in [2.05, 4.69) is 19.9 Å². The summed E-state index contributed by atoms with van der Waals surface area (Å²) in [6, 6.07) is 28.5. The quantitative estimate of drug-likeness (QED) is 0.0711. The Morgan fingerprint density at radius 1 is 0.618 bits per heavy atom. The molecule has 4 aromatic carbocycles. The first-order valence-corrected chi connectivity index (χ1v) is 20.3. The minimum absolute atomic E-state index is 0.0756. The average Bonchev–Trinajstić information content (AvgIpc) is 3.13. The van der Waals surface area contributed by atoms with E-state index in [1.807, 2.05) is 62.4 Å². The van der Waals surface area contributed by atoms with Gasteiger partial charge in [-0.25, -0.2) is 42.7 Å². The maximum atomic E-state index is 12.7. The molecule has 16 heteroatoms. The van der Waals surface area contributed by atoms with E-state index in [0.29, 0.717) is 26.9 Å². The van der Waals surface area contributed by atoms with Crippen molar-refractivity contribution in [2.45, 2.75) is 30.1 Å². The zero-order valence-corrected chi connectivity index (χ0v) is 32.2. The number of ketones is 1. The number of nitrogens with one attached hydrogen (secondary N) is 2. The number of nitrogens with zero attached hydrogens (tertiary/aromatic N) is 4. The molecule has 0 aliphatic rings. The summed E-state index contributed by atoms with van der Waals surface area (Å²) in [6.45, 7) is 3.97. The molecule has 0 aliphatic carbocycles. The van der Waals surface area contributed by atoms with Gasteiger partial charge in [0.15, 0.2) is 23.1 Å². The number of aromatic carboxylic acids is 1. The van der Waals surface area contributed by atoms with Crippen LogP contribution in [-0.2, 0) is 25.9 Å². The number of aromatic nitrogens is 4. The molecule has 6 aromatic rings. The maximum absolute atomic E-state index is 12.7. The van der Waals surface area contributed by atoms with Gasteiger partial charge in [-0.3, -0.25) is 4.79 Å². The fourth-order valence-electron chi connectivity index (χ4n) is 4.75. The molecule has 0 saturated carbocycles. The van der Waals surface area contributed by atoms with Crippen molar-refractivity contribution < 1.29 is 23.1 Å². The first-order chi connectivity index (χ1) is 25.8. The summed E-state index contributed by atoms with van der Waals surface area (Å²) in [4.78, 5) is 40.9. The third-order valence-corrected chi connectivity index (χ3v) is 10.2. The summed E-state index contributed by atoms with van der Waals surface area (Å²) in [5, 5.41) is 8.90. The Morgan fingerprint density at radius 3 is 1.40 bits per heavy atom. The fraction of sp³-hybridized carbons (Fsp3) is 0.128. The number of benzene rings is 4. The predicted molar refractivity (Wildman–Crippen MR) is 216 cm³/mol. The molecule has 0 radical (unpaired) electrons. The lowest BCUT2D eigenvalue weighted by Crippen LogP contribution is -2.12. The number of rotatable bonds is 8. The van der Waals surface area contributed by atoms with E-state index < -0.39 is 25.4 Å². The van der Waals surface area contributed by atoms with Crippen LogP contribution in [0.2, 0.25) is 0 Å². The largest absolute Gasteiger partial charge is 0.476 e. The highest BCUT2D eigenvalue weighted by Crippen LogP contribution is 2.21. The zero-order valence-electron chi connectivity index (χ0n) is 30.5. The number of carbonyl (C=O) groups is 2. The molecule has 6 rings (SSSR count). The number of hydrogen-bond acceptors (Lipinski definition) is 13. The van der Waals surface area contributed by atoms with Crippen molar-refractivity contribution in [1.82, 2.24) is 19.9 Å². The third-order valence-electron chi connectivity index (χ3n) is 7.83. The van der Waals surface area contributed by atoms with Crippen LogP contribution < -0.4 is 17.2 Å². The van der Waals surface area contributed by atoms with Gasteiger partial charge in [-0.2, -0.15) is 0 Å². The van der Waals surface area contributed by atoms with Gasteiger partial charge in [-0.1, -0.05) is 71.8 Å². The molecule has 2 heterocycles. The van der Waals surface area contributed by atoms with Crippen LogP contribution in [0.1, 0.15) is 37.7 Å². The fourth-order valence-corrected chi connectivity index (χ4v) is 6.06. The van der Waals surface area contributed by atoms with Crippen LogP contribution in [0, 0.1) is 23.4 Å². The molecule has 2 aromatic heterocycles. The number of carboxylic acid groups (broad SMARTS) is 1. The molecule has 55 heavy (non-hydrogen) atoms. The van der Waals surface area contributed by atoms with Crippen molar-refractivity contribution in [3.05, 3.63) is 138 Å². The number of hydrogen-bond donors (Lipinski definition) is 6. The second-order valence-electron chi connectivity index (χ2n) is 12.5. The van der Waals surface area contributed by atoms with Gasteiger partial charge in [-0.15, -0.1) is 0 Å². The van der Waals surface area contributed by atoms with E-state index in [0.717, 1.165) is 27.8 Å². The first-order valence-electron chi connectivity index (χ1n) is 16.4. The number of nitrogen functional groups attached to an aromatic ring is 3. The first kappa shape index (κ1) is 41.2. The van der Waals surface area contributed by atoms with Crippen molar-refractivity contribution in [3.63, 3.8) is 0 Å². The Bertz CT molecular complexity index is 2530. The molecule has 0 aliphatic heterocycles. The van der Waals surface area contributed by atoms with Gasteiger partial charge in [0.25, 0.3) is 0 Å². The molecule has 0 spiro atoms.